The summed E-state index contributed by atoms with van der Waals surface area (Å²) in [6, 6.07) is 10.6. The van der Waals surface area contributed by atoms with Crippen LogP contribution in [0.3, 0.4) is 0 Å². The number of phenolic OH excluding ortho intramolecular Hbond substituents is 1. The first-order valence-corrected chi connectivity index (χ1v) is 10.7. The van der Waals surface area contributed by atoms with Crippen LogP contribution in [0, 0.1) is 6.92 Å². The molecule has 3 rings (SSSR count). The number of aromatic hydroxyl groups is 1. The molecule has 1 aliphatic rings. The molecule has 0 bridgehead atoms. The number of aliphatic hydroxyl groups is 1. The van der Waals surface area contributed by atoms with Gasteiger partial charge in [0.1, 0.15) is 17.3 Å². The number of aryl methyl sites for hydroxylation is 1. The molecule has 1 unspecified atom stereocenters. The van der Waals surface area contributed by atoms with Gasteiger partial charge >= 0.3 is 0 Å². The van der Waals surface area contributed by atoms with Gasteiger partial charge in [-0.25, -0.2) is 0 Å². The quantitative estimate of drug-likeness (QED) is 0.367. The average Bonchev–Trinajstić information content (AvgIpc) is 3.00. The van der Waals surface area contributed by atoms with Crippen molar-refractivity contribution >= 4 is 17.4 Å². The van der Waals surface area contributed by atoms with E-state index >= 15 is 0 Å². The number of ketones is 1. The van der Waals surface area contributed by atoms with Gasteiger partial charge in [0.25, 0.3) is 11.7 Å². The highest BCUT2D eigenvalue weighted by Gasteiger charge is 2.45. The van der Waals surface area contributed by atoms with E-state index in [-0.39, 0.29) is 36.3 Å². The van der Waals surface area contributed by atoms with E-state index in [9.17, 15) is 19.8 Å². The Hall–Kier alpha value is -3.32. The number of likely N-dealkylation sites (tertiary alicyclic amines) is 1. The summed E-state index contributed by atoms with van der Waals surface area (Å²) >= 11 is 0. The zero-order valence-electron chi connectivity index (χ0n) is 18.8. The van der Waals surface area contributed by atoms with E-state index < -0.39 is 17.7 Å². The number of Topliss-reactive ketones (excluding diaryl/α,β-unsaturated/α-hetero) is 1. The van der Waals surface area contributed by atoms with Crippen LogP contribution in [0.5, 0.6) is 11.5 Å². The first-order valence-electron chi connectivity index (χ1n) is 10.7. The van der Waals surface area contributed by atoms with Gasteiger partial charge in [-0.3, -0.25) is 9.59 Å². The molecular weight excluding hydrogens is 410 g/mol. The van der Waals surface area contributed by atoms with Crippen LogP contribution in [0.25, 0.3) is 5.76 Å². The van der Waals surface area contributed by atoms with Crippen molar-refractivity contribution in [3.63, 3.8) is 0 Å². The Morgan fingerprint density at radius 2 is 1.81 bits per heavy atom. The van der Waals surface area contributed by atoms with E-state index in [4.69, 9.17) is 9.47 Å². The zero-order valence-corrected chi connectivity index (χ0v) is 18.8. The normalized spacial score (nSPS) is 17.9. The number of benzene rings is 2. The van der Waals surface area contributed by atoms with Crippen molar-refractivity contribution in [1.29, 1.82) is 0 Å². The molecule has 0 spiro atoms. The Balaban J connectivity index is 2.08. The second kappa shape index (κ2) is 9.87. The van der Waals surface area contributed by atoms with Gasteiger partial charge in [0.05, 0.1) is 30.9 Å². The van der Waals surface area contributed by atoms with E-state index in [1.165, 1.54) is 17.0 Å². The van der Waals surface area contributed by atoms with Crippen molar-refractivity contribution in [2.45, 2.75) is 39.8 Å². The Labute approximate surface area is 187 Å². The Morgan fingerprint density at radius 3 is 2.41 bits per heavy atom. The highest BCUT2D eigenvalue weighted by molar-refractivity contribution is 6.46. The predicted octanol–water partition coefficient (Wildman–Crippen LogP) is 3.95. The fourth-order valence-electron chi connectivity index (χ4n) is 3.77. The average molecular weight is 440 g/mol. The summed E-state index contributed by atoms with van der Waals surface area (Å²) in [5.41, 5.74) is 1.84. The summed E-state index contributed by atoms with van der Waals surface area (Å²) in [7, 11) is 0. The molecule has 2 aromatic carbocycles. The van der Waals surface area contributed by atoms with Crippen molar-refractivity contribution in [3.8, 4) is 11.5 Å². The van der Waals surface area contributed by atoms with Crippen LogP contribution in [0.4, 0.5) is 0 Å². The third-order valence-corrected chi connectivity index (χ3v) is 5.28. The summed E-state index contributed by atoms with van der Waals surface area (Å²) in [6.07, 6.45) is -0.0224. The molecule has 0 saturated carbocycles. The molecular formula is C25H29NO6. The van der Waals surface area contributed by atoms with Crippen LogP contribution in [0.15, 0.2) is 48.0 Å². The molecule has 1 amide bonds. The summed E-state index contributed by atoms with van der Waals surface area (Å²) < 4.78 is 11.1. The summed E-state index contributed by atoms with van der Waals surface area (Å²) in [6.45, 7) is 8.46. The van der Waals surface area contributed by atoms with E-state index in [1.807, 2.05) is 27.7 Å². The Bertz CT molecular complexity index is 1030. The van der Waals surface area contributed by atoms with Crippen molar-refractivity contribution in [2.75, 3.05) is 19.8 Å². The molecule has 1 atom stereocenters. The minimum atomic E-state index is -0.793. The smallest absolute Gasteiger partial charge is 0.295 e. The first-order chi connectivity index (χ1) is 15.2. The van der Waals surface area contributed by atoms with Crippen molar-refractivity contribution < 1.29 is 29.3 Å². The number of aliphatic hydroxyl groups excluding tert-OH is 1. The predicted molar refractivity (Wildman–Crippen MR) is 121 cm³/mol. The fourth-order valence-corrected chi connectivity index (χ4v) is 3.77. The maximum absolute atomic E-state index is 13.0. The molecule has 170 valence electrons. The number of carbonyl (C=O) groups is 2. The van der Waals surface area contributed by atoms with Crippen molar-refractivity contribution in [2.24, 2.45) is 0 Å². The lowest BCUT2D eigenvalue weighted by Crippen LogP contribution is -2.33. The van der Waals surface area contributed by atoms with Crippen LogP contribution in [-0.2, 0) is 14.3 Å². The Morgan fingerprint density at radius 1 is 1.12 bits per heavy atom. The van der Waals surface area contributed by atoms with Crippen LogP contribution in [0.1, 0.15) is 43.5 Å². The van der Waals surface area contributed by atoms with Gasteiger partial charge in [-0.2, -0.15) is 0 Å². The van der Waals surface area contributed by atoms with Gasteiger partial charge < -0.3 is 24.6 Å². The lowest BCUT2D eigenvalue weighted by Gasteiger charge is -2.25. The molecule has 0 radical (unpaired) electrons. The van der Waals surface area contributed by atoms with E-state index in [2.05, 4.69) is 0 Å². The van der Waals surface area contributed by atoms with Gasteiger partial charge in [0.2, 0.25) is 0 Å². The topological polar surface area (TPSA) is 96.3 Å². The van der Waals surface area contributed by atoms with Crippen molar-refractivity contribution in [3.05, 3.63) is 64.7 Å². The second-order valence-corrected chi connectivity index (χ2v) is 7.92. The summed E-state index contributed by atoms with van der Waals surface area (Å²) in [4.78, 5) is 27.3. The highest BCUT2D eigenvalue weighted by atomic mass is 16.5. The molecule has 1 aliphatic heterocycles. The summed E-state index contributed by atoms with van der Waals surface area (Å²) in [5, 5.41) is 20.8. The largest absolute Gasteiger partial charge is 0.508 e. The number of carbonyl (C=O) groups excluding carboxylic acids is 2. The minimum absolute atomic E-state index is 0.00815. The lowest BCUT2D eigenvalue weighted by molar-refractivity contribution is -0.140. The Kier molecular flexibility index (Phi) is 7.20. The standard InChI is InChI=1S/C25H29NO6/c1-5-31-20-11-8-18(14-16(20)4)23(28)21-22(17-6-9-19(27)10-7-17)26(25(30)24(21)29)12-13-32-15(2)3/h6-11,14-15,22,27-28H,5,12-13H2,1-4H3/b23-21-. The van der Waals surface area contributed by atoms with Gasteiger partial charge in [0.15, 0.2) is 0 Å². The number of nitrogens with zero attached hydrogens (tertiary/aromatic N) is 1. The molecule has 7 nitrogen and oxygen atoms in total. The van der Waals surface area contributed by atoms with Gasteiger partial charge in [-0.1, -0.05) is 12.1 Å². The lowest BCUT2D eigenvalue weighted by atomic mass is 9.94. The molecule has 0 aromatic heterocycles. The van der Waals surface area contributed by atoms with Crippen LogP contribution >= 0.6 is 0 Å². The second-order valence-electron chi connectivity index (χ2n) is 7.92. The highest BCUT2D eigenvalue weighted by Crippen LogP contribution is 2.40. The molecule has 1 heterocycles. The number of phenols is 1. The van der Waals surface area contributed by atoms with Gasteiger partial charge in [0, 0.05) is 12.1 Å². The maximum atomic E-state index is 13.0. The van der Waals surface area contributed by atoms with E-state index in [0.29, 0.717) is 23.5 Å². The first kappa shape index (κ1) is 23.3. The number of hydrogen-bond acceptors (Lipinski definition) is 6. The van der Waals surface area contributed by atoms with Crippen molar-refractivity contribution in [1.82, 2.24) is 4.90 Å². The number of amides is 1. The third kappa shape index (κ3) is 4.78. The SMILES string of the molecule is CCOc1ccc(/C(O)=C2/C(=O)C(=O)N(CCOC(C)C)C2c2ccc(O)cc2)cc1C. The molecule has 7 heteroatoms. The van der Waals surface area contributed by atoms with Crippen LogP contribution < -0.4 is 4.74 Å². The third-order valence-electron chi connectivity index (χ3n) is 5.28. The molecule has 1 saturated heterocycles. The molecule has 32 heavy (non-hydrogen) atoms. The monoisotopic (exact) mass is 439 g/mol. The molecule has 0 aliphatic carbocycles. The van der Waals surface area contributed by atoms with Crippen LogP contribution in [0.2, 0.25) is 0 Å². The number of hydrogen-bond donors (Lipinski definition) is 2. The molecule has 1 fully saturated rings. The maximum Gasteiger partial charge on any atom is 0.295 e. The molecule has 2 aromatic rings. The number of ether oxygens (including phenoxy) is 2. The summed E-state index contributed by atoms with van der Waals surface area (Å²) in [5.74, 6) is -0.947. The zero-order chi connectivity index (χ0) is 23.4. The molecule has 2 N–H and O–H groups in total. The minimum Gasteiger partial charge on any atom is -0.508 e. The van der Waals surface area contributed by atoms with E-state index in [0.717, 1.165) is 5.56 Å². The fraction of sp³-hybridized carbons (Fsp3) is 0.360. The van der Waals surface area contributed by atoms with Crippen LogP contribution in [-0.4, -0.2) is 52.7 Å². The number of rotatable bonds is 8. The van der Waals surface area contributed by atoms with Gasteiger partial charge in [-0.15, -0.1) is 0 Å². The van der Waals surface area contributed by atoms with E-state index in [1.54, 1.807) is 30.3 Å². The van der Waals surface area contributed by atoms with Gasteiger partial charge in [-0.05, 0) is 69.2 Å².